The van der Waals surface area contributed by atoms with Gasteiger partial charge in [-0.1, -0.05) is 75.7 Å². The van der Waals surface area contributed by atoms with Gasteiger partial charge in [0.05, 0.1) is 12.0 Å². The van der Waals surface area contributed by atoms with E-state index in [1.807, 2.05) is 78.3 Å². The number of benzene rings is 3. The highest BCUT2D eigenvalue weighted by Gasteiger charge is 2.13. The normalized spacial score (nSPS) is 11.1. The molecule has 3 aromatic carbocycles. The molecular formula is C25H21BrClN5O2S. The van der Waals surface area contributed by atoms with Gasteiger partial charge in [0.15, 0.2) is 11.0 Å². The van der Waals surface area contributed by atoms with Crippen molar-refractivity contribution in [2.24, 2.45) is 12.1 Å². The van der Waals surface area contributed by atoms with Crippen LogP contribution in [-0.2, 0) is 18.4 Å². The van der Waals surface area contributed by atoms with Crippen molar-refractivity contribution in [1.29, 1.82) is 0 Å². The highest BCUT2D eigenvalue weighted by atomic mass is 79.9. The van der Waals surface area contributed by atoms with E-state index in [2.05, 4.69) is 36.7 Å². The number of rotatable bonds is 9. The fourth-order valence-electron chi connectivity index (χ4n) is 3.12. The Morgan fingerprint density at radius 2 is 1.94 bits per heavy atom. The summed E-state index contributed by atoms with van der Waals surface area (Å²) < 4.78 is 8.78. The molecule has 0 bridgehead atoms. The number of thioether (sulfide) groups is 1. The Hall–Kier alpha value is -3.14. The lowest BCUT2D eigenvalue weighted by Crippen LogP contribution is -2.20. The molecule has 0 aliphatic rings. The van der Waals surface area contributed by atoms with Crippen molar-refractivity contribution in [2.45, 2.75) is 11.8 Å². The Kier molecular flexibility index (Phi) is 8.57. The summed E-state index contributed by atoms with van der Waals surface area (Å²) in [6.07, 6.45) is 1.57. The quantitative estimate of drug-likeness (QED) is 0.158. The van der Waals surface area contributed by atoms with Gasteiger partial charge in [-0.3, -0.25) is 4.79 Å². The minimum absolute atomic E-state index is 0.139. The van der Waals surface area contributed by atoms with Crippen molar-refractivity contribution in [2.75, 3.05) is 5.75 Å². The summed E-state index contributed by atoms with van der Waals surface area (Å²) in [6, 6.07) is 22.8. The molecule has 0 radical (unpaired) electrons. The van der Waals surface area contributed by atoms with Gasteiger partial charge in [-0.15, -0.1) is 10.2 Å². The summed E-state index contributed by atoms with van der Waals surface area (Å²) in [5.41, 5.74) is 5.21. The first kappa shape index (κ1) is 25.0. The summed E-state index contributed by atoms with van der Waals surface area (Å²) >= 11 is 10.8. The second-order valence-corrected chi connectivity index (χ2v) is 9.70. The number of aromatic nitrogens is 3. The van der Waals surface area contributed by atoms with Crippen LogP contribution in [0.2, 0.25) is 5.02 Å². The number of hydrogen-bond donors (Lipinski definition) is 1. The molecule has 0 fully saturated rings. The minimum atomic E-state index is -0.258. The second-order valence-electron chi connectivity index (χ2n) is 7.41. The number of carbonyl (C=O) groups excluding carboxylic acids is 1. The summed E-state index contributed by atoms with van der Waals surface area (Å²) in [6.45, 7) is 0.427. The van der Waals surface area contributed by atoms with Crippen LogP contribution < -0.4 is 10.2 Å². The summed E-state index contributed by atoms with van der Waals surface area (Å²) in [4.78, 5) is 12.3. The van der Waals surface area contributed by atoms with Crippen molar-refractivity contribution in [3.63, 3.8) is 0 Å². The summed E-state index contributed by atoms with van der Waals surface area (Å²) in [5.74, 6) is 1.23. The Labute approximate surface area is 220 Å². The maximum Gasteiger partial charge on any atom is 0.250 e. The predicted octanol–water partition coefficient (Wildman–Crippen LogP) is 5.72. The summed E-state index contributed by atoms with van der Waals surface area (Å²) in [5, 5.41) is 13.7. The number of para-hydroxylation sites is 1. The monoisotopic (exact) mass is 569 g/mol. The van der Waals surface area contributed by atoms with Crippen molar-refractivity contribution in [3.05, 3.63) is 93.4 Å². The zero-order chi connectivity index (χ0) is 24.6. The first-order valence-electron chi connectivity index (χ1n) is 10.6. The lowest BCUT2D eigenvalue weighted by molar-refractivity contribution is -0.118. The van der Waals surface area contributed by atoms with Crippen molar-refractivity contribution in [3.8, 4) is 17.1 Å². The Morgan fingerprint density at radius 3 is 2.74 bits per heavy atom. The molecule has 0 aliphatic carbocycles. The molecule has 10 heteroatoms. The van der Waals surface area contributed by atoms with Crippen LogP contribution in [-0.4, -0.2) is 32.6 Å². The zero-order valence-electron chi connectivity index (χ0n) is 18.7. The average molecular weight is 571 g/mol. The Morgan fingerprint density at radius 1 is 1.14 bits per heavy atom. The highest BCUT2D eigenvalue weighted by molar-refractivity contribution is 9.10. The highest BCUT2D eigenvalue weighted by Crippen LogP contribution is 2.24. The molecule has 0 atom stereocenters. The number of hydrogen-bond acceptors (Lipinski definition) is 6. The van der Waals surface area contributed by atoms with Crippen LogP contribution in [0.25, 0.3) is 11.4 Å². The van der Waals surface area contributed by atoms with Crippen molar-refractivity contribution >= 4 is 51.4 Å². The van der Waals surface area contributed by atoms with Crippen LogP contribution in [0.5, 0.6) is 5.75 Å². The van der Waals surface area contributed by atoms with Crippen LogP contribution in [0.15, 0.2) is 87.5 Å². The third kappa shape index (κ3) is 6.94. The van der Waals surface area contributed by atoms with Gasteiger partial charge in [0.1, 0.15) is 12.4 Å². The van der Waals surface area contributed by atoms with Gasteiger partial charge in [-0.05, 0) is 42.0 Å². The first-order chi connectivity index (χ1) is 17.0. The largest absolute Gasteiger partial charge is 0.488 e. The molecule has 1 N–H and O–H groups in total. The maximum absolute atomic E-state index is 12.3. The van der Waals surface area contributed by atoms with Crippen LogP contribution in [0.3, 0.4) is 0 Å². The van der Waals surface area contributed by atoms with Gasteiger partial charge in [0, 0.05) is 27.7 Å². The van der Waals surface area contributed by atoms with E-state index in [1.165, 1.54) is 11.8 Å². The van der Waals surface area contributed by atoms with Crippen LogP contribution in [0, 0.1) is 0 Å². The predicted molar refractivity (Wildman–Crippen MR) is 143 cm³/mol. The molecule has 0 saturated heterocycles. The SMILES string of the molecule is Cn1c(SCC(=O)N/N=C/c2ccccc2OCc2ccc(Br)cc2)nnc1-c1cccc(Cl)c1. The average Bonchev–Trinajstić information content (AvgIpc) is 3.23. The van der Waals surface area contributed by atoms with E-state index in [4.69, 9.17) is 16.3 Å². The molecule has 1 aromatic heterocycles. The fourth-order valence-corrected chi connectivity index (χ4v) is 4.27. The molecule has 7 nitrogen and oxygen atoms in total. The smallest absolute Gasteiger partial charge is 0.250 e. The molecular weight excluding hydrogens is 550 g/mol. The van der Waals surface area contributed by atoms with E-state index >= 15 is 0 Å². The van der Waals surface area contributed by atoms with Gasteiger partial charge in [0.2, 0.25) is 0 Å². The topological polar surface area (TPSA) is 81.4 Å². The van der Waals surface area contributed by atoms with Gasteiger partial charge in [-0.2, -0.15) is 5.10 Å². The molecule has 1 heterocycles. The van der Waals surface area contributed by atoms with Gasteiger partial charge in [0.25, 0.3) is 5.91 Å². The molecule has 35 heavy (non-hydrogen) atoms. The third-order valence-electron chi connectivity index (χ3n) is 4.87. The second kappa shape index (κ2) is 12.0. The van der Waals surface area contributed by atoms with Gasteiger partial charge in [-0.25, -0.2) is 5.43 Å². The van der Waals surface area contributed by atoms with Gasteiger partial charge < -0.3 is 9.30 Å². The van der Waals surface area contributed by atoms with Crippen molar-refractivity contribution < 1.29 is 9.53 Å². The first-order valence-corrected chi connectivity index (χ1v) is 12.7. The number of ether oxygens (including phenoxy) is 1. The number of hydrazone groups is 1. The van der Waals surface area contributed by atoms with Crippen LogP contribution in [0.1, 0.15) is 11.1 Å². The van der Waals surface area contributed by atoms with E-state index in [1.54, 1.807) is 12.3 Å². The Balaban J connectivity index is 1.30. The van der Waals surface area contributed by atoms with E-state index in [0.29, 0.717) is 28.4 Å². The molecule has 0 saturated carbocycles. The molecule has 0 spiro atoms. The van der Waals surface area contributed by atoms with E-state index in [9.17, 15) is 4.79 Å². The fraction of sp³-hybridized carbons (Fsp3) is 0.120. The lowest BCUT2D eigenvalue weighted by Gasteiger charge is -2.09. The summed E-state index contributed by atoms with van der Waals surface area (Å²) in [7, 11) is 1.85. The minimum Gasteiger partial charge on any atom is -0.488 e. The van der Waals surface area contributed by atoms with Crippen molar-refractivity contribution in [1.82, 2.24) is 20.2 Å². The van der Waals surface area contributed by atoms with E-state index < -0.39 is 0 Å². The molecule has 0 aliphatic heterocycles. The molecule has 178 valence electrons. The zero-order valence-corrected chi connectivity index (χ0v) is 21.8. The number of amides is 1. The Bertz CT molecular complexity index is 1340. The number of nitrogens with zero attached hydrogens (tertiary/aromatic N) is 4. The standard InChI is InChI=1S/C25H21BrClN5O2S/c1-32-24(18-6-4-7-21(27)13-18)30-31-25(32)35-16-23(33)29-28-14-19-5-2-3-8-22(19)34-15-17-9-11-20(26)12-10-17/h2-14H,15-16H2,1H3,(H,29,33)/b28-14+. The molecule has 4 aromatic rings. The molecule has 1 amide bonds. The van der Waals surface area contributed by atoms with Crippen LogP contribution >= 0.6 is 39.3 Å². The lowest BCUT2D eigenvalue weighted by atomic mass is 10.2. The number of carbonyl (C=O) groups is 1. The van der Waals surface area contributed by atoms with Gasteiger partial charge >= 0.3 is 0 Å². The molecule has 4 rings (SSSR count). The maximum atomic E-state index is 12.3. The number of halogens is 2. The number of nitrogens with one attached hydrogen (secondary N) is 1. The van der Waals surface area contributed by atoms with E-state index in [-0.39, 0.29) is 11.7 Å². The van der Waals surface area contributed by atoms with E-state index in [0.717, 1.165) is 21.2 Å². The third-order valence-corrected chi connectivity index (χ3v) is 6.65. The van der Waals surface area contributed by atoms with Crippen LogP contribution in [0.4, 0.5) is 0 Å². The molecule has 0 unspecified atom stereocenters.